The molecule has 0 unspecified atom stereocenters. The molecule has 2 aromatic carbocycles. The minimum Gasteiger partial charge on any atom is -0.452 e. The Bertz CT molecular complexity index is 1210. The highest BCUT2D eigenvalue weighted by Gasteiger charge is 2.27. The lowest BCUT2D eigenvalue weighted by Crippen LogP contribution is -2.28. The summed E-state index contributed by atoms with van der Waals surface area (Å²) in [6, 6.07) is 10.4. The third-order valence-corrected chi connectivity index (χ3v) is 6.61. The fraction of sp³-hybridized carbons (Fsp3) is 0.250. The van der Waals surface area contributed by atoms with Crippen molar-refractivity contribution in [3.05, 3.63) is 63.7 Å². The Balaban J connectivity index is 1.64. The molecule has 2 aromatic rings. The third kappa shape index (κ3) is 5.08. The highest BCUT2D eigenvalue weighted by Crippen LogP contribution is 2.23. The first-order chi connectivity index (χ1) is 15.2. The van der Waals surface area contributed by atoms with E-state index in [1.807, 2.05) is 0 Å². The number of nitriles is 1. The van der Waals surface area contributed by atoms with Gasteiger partial charge in [-0.1, -0.05) is 6.07 Å². The van der Waals surface area contributed by atoms with Gasteiger partial charge >= 0.3 is 5.97 Å². The largest absolute Gasteiger partial charge is 0.452 e. The van der Waals surface area contributed by atoms with E-state index in [1.54, 1.807) is 6.07 Å². The number of hydrogen-bond donors (Lipinski definition) is 1. The molecule has 0 saturated carbocycles. The monoisotopic (exact) mass is 458 g/mol. The van der Waals surface area contributed by atoms with E-state index in [4.69, 9.17) is 10.00 Å². The molecule has 166 valence electrons. The second-order valence-corrected chi connectivity index (χ2v) is 8.80. The number of rotatable bonds is 7. The van der Waals surface area contributed by atoms with Gasteiger partial charge in [0.15, 0.2) is 6.61 Å². The maximum Gasteiger partial charge on any atom is 0.338 e. The summed E-state index contributed by atoms with van der Waals surface area (Å²) >= 11 is 0. The number of esters is 1. The first-order valence-electron chi connectivity index (χ1n) is 9.48. The number of amides is 1. The minimum atomic E-state index is -3.72. The molecular weight excluding hydrogens is 440 g/mol. The molecule has 0 radical (unpaired) electrons. The molecule has 11 nitrogen and oxygen atoms in total. The average Bonchev–Trinajstić information content (AvgIpc) is 3.33. The Morgan fingerprint density at radius 2 is 1.91 bits per heavy atom. The number of nitro benzene ring substituents is 1. The number of carbonyl (C=O) groups is 2. The lowest BCUT2D eigenvalue weighted by atomic mass is 10.1. The van der Waals surface area contributed by atoms with Crippen LogP contribution in [0.4, 0.5) is 11.4 Å². The van der Waals surface area contributed by atoms with Crippen molar-refractivity contribution in [3.63, 3.8) is 0 Å². The molecule has 0 aliphatic carbocycles. The van der Waals surface area contributed by atoms with Gasteiger partial charge in [-0.2, -0.15) is 9.57 Å². The van der Waals surface area contributed by atoms with Crippen molar-refractivity contribution in [2.45, 2.75) is 17.7 Å². The van der Waals surface area contributed by atoms with Gasteiger partial charge in [-0.05, 0) is 37.1 Å². The first kappa shape index (κ1) is 22.9. The molecular formula is C20H18N4O7S. The van der Waals surface area contributed by atoms with Crippen LogP contribution in [0, 0.1) is 21.4 Å². The molecule has 12 heteroatoms. The van der Waals surface area contributed by atoms with E-state index in [2.05, 4.69) is 5.32 Å². The van der Waals surface area contributed by atoms with Crippen LogP contribution in [0.15, 0.2) is 47.4 Å². The molecule has 0 spiro atoms. The van der Waals surface area contributed by atoms with Crippen LogP contribution in [-0.4, -0.2) is 49.2 Å². The molecule has 32 heavy (non-hydrogen) atoms. The Morgan fingerprint density at radius 1 is 1.19 bits per heavy atom. The van der Waals surface area contributed by atoms with E-state index in [0.29, 0.717) is 13.1 Å². The van der Waals surface area contributed by atoms with Gasteiger partial charge in [-0.15, -0.1) is 0 Å². The van der Waals surface area contributed by atoms with E-state index >= 15 is 0 Å². The quantitative estimate of drug-likeness (QED) is 0.375. The van der Waals surface area contributed by atoms with Crippen LogP contribution in [-0.2, 0) is 19.6 Å². The van der Waals surface area contributed by atoms with Crippen molar-refractivity contribution in [2.75, 3.05) is 25.0 Å². The highest BCUT2D eigenvalue weighted by molar-refractivity contribution is 7.89. The van der Waals surface area contributed by atoms with Crippen molar-refractivity contribution in [1.82, 2.24) is 4.31 Å². The second kappa shape index (κ2) is 9.54. The predicted molar refractivity (Wildman–Crippen MR) is 111 cm³/mol. The van der Waals surface area contributed by atoms with Crippen LogP contribution in [0.5, 0.6) is 0 Å². The number of anilines is 1. The van der Waals surface area contributed by atoms with Gasteiger partial charge in [0.25, 0.3) is 11.6 Å². The van der Waals surface area contributed by atoms with Crippen molar-refractivity contribution >= 4 is 33.3 Å². The lowest BCUT2D eigenvalue weighted by molar-refractivity contribution is -0.384. The molecule has 0 atom stereocenters. The van der Waals surface area contributed by atoms with Crippen LogP contribution >= 0.6 is 0 Å². The second-order valence-electron chi connectivity index (χ2n) is 6.86. The summed E-state index contributed by atoms with van der Waals surface area (Å²) in [7, 11) is -3.72. The fourth-order valence-electron chi connectivity index (χ4n) is 3.11. The zero-order valence-corrected chi connectivity index (χ0v) is 17.5. The van der Waals surface area contributed by atoms with Gasteiger partial charge in [0.05, 0.1) is 26.6 Å². The summed E-state index contributed by atoms with van der Waals surface area (Å²) in [5.41, 5.74) is -0.447. The topological polar surface area (TPSA) is 160 Å². The van der Waals surface area contributed by atoms with Crippen molar-refractivity contribution in [2.24, 2.45) is 0 Å². The molecule has 0 bridgehead atoms. The summed E-state index contributed by atoms with van der Waals surface area (Å²) in [5.74, 6) is -1.67. The summed E-state index contributed by atoms with van der Waals surface area (Å²) in [4.78, 5) is 34.5. The number of benzene rings is 2. The molecule has 3 rings (SSSR count). The van der Waals surface area contributed by atoms with Gasteiger partial charge in [-0.25, -0.2) is 13.2 Å². The van der Waals surface area contributed by atoms with E-state index in [1.165, 1.54) is 34.6 Å². The van der Waals surface area contributed by atoms with Gasteiger partial charge in [0.1, 0.15) is 6.07 Å². The number of ether oxygens (including phenoxy) is 1. The molecule has 1 aliphatic heterocycles. The Kier molecular flexibility index (Phi) is 6.82. The smallest absolute Gasteiger partial charge is 0.338 e. The molecule has 1 N–H and O–H groups in total. The summed E-state index contributed by atoms with van der Waals surface area (Å²) in [6.45, 7) is 0.138. The first-order valence-corrected chi connectivity index (χ1v) is 10.9. The van der Waals surface area contributed by atoms with Crippen LogP contribution in [0.25, 0.3) is 0 Å². The van der Waals surface area contributed by atoms with Crippen LogP contribution in [0.2, 0.25) is 0 Å². The zero-order chi connectivity index (χ0) is 23.3. The summed E-state index contributed by atoms with van der Waals surface area (Å²) in [5, 5.41) is 22.2. The number of hydrogen-bond acceptors (Lipinski definition) is 8. The normalized spacial score (nSPS) is 13.8. The van der Waals surface area contributed by atoms with Crippen molar-refractivity contribution in [3.8, 4) is 6.07 Å². The Morgan fingerprint density at radius 3 is 2.56 bits per heavy atom. The number of sulfonamides is 1. The average molecular weight is 458 g/mol. The van der Waals surface area contributed by atoms with E-state index in [9.17, 15) is 28.1 Å². The maximum absolute atomic E-state index is 12.6. The molecule has 1 saturated heterocycles. The predicted octanol–water partition coefficient (Wildman–Crippen LogP) is 2.05. The number of nitrogens with zero attached hydrogens (tertiary/aromatic N) is 3. The Labute approximate surface area is 183 Å². The number of nitro groups is 1. The summed E-state index contributed by atoms with van der Waals surface area (Å²) in [6.07, 6.45) is 1.55. The van der Waals surface area contributed by atoms with Crippen molar-refractivity contribution < 1.29 is 27.7 Å². The standard InChI is InChI=1S/C20H18N4O7S/c21-12-15-10-16(24(27)28)6-7-18(15)22-19(25)13-31-20(26)14-4-3-5-17(11-14)32(29,30)23-8-1-2-9-23/h3-7,10-11H,1-2,8-9,13H2,(H,22,25). The maximum atomic E-state index is 12.6. The number of non-ortho nitro benzene ring substituents is 1. The van der Waals surface area contributed by atoms with E-state index < -0.39 is 33.4 Å². The Hall–Kier alpha value is -3.82. The molecule has 1 fully saturated rings. The van der Waals surface area contributed by atoms with Crippen LogP contribution in [0.1, 0.15) is 28.8 Å². The highest BCUT2D eigenvalue weighted by atomic mass is 32.2. The van der Waals surface area contributed by atoms with Crippen molar-refractivity contribution in [1.29, 1.82) is 5.26 Å². The molecule has 1 amide bonds. The van der Waals surface area contributed by atoms with Gasteiger partial charge in [-0.3, -0.25) is 14.9 Å². The molecule has 1 aliphatic rings. The lowest BCUT2D eigenvalue weighted by Gasteiger charge is -2.15. The number of carbonyl (C=O) groups excluding carboxylic acids is 2. The van der Waals surface area contributed by atoms with Crippen LogP contribution < -0.4 is 5.32 Å². The number of nitrogens with one attached hydrogen (secondary N) is 1. The SMILES string of the molecule is N#Cc1cc([N+](=O)[O-])ccc1NC(=O)COC(=O)c1cccc(S(=O)(=O)N2CCCC2)c1. The van der Waals surface area contributed by atoms with Gasteiger partial charge in [0.2, 0.25) is 10.0 Å². The zero-order valence-electron chi connectivity index (χ0n) is 16.7. The molecule has 1 heterocycles. The van der Waals surface area contributed by atoms with Crippen LogP contribution in [0.3, 0.4) is 0 Å². The van der Waals surface area contributed by atoms with Gasteiger partial charge in [0, 0.05) is 25.2 Å². The minimum absolute atomic E-state index is 0.0258. The van der Waals surface area contributed by atoms with Gasteiger partial charge < -0.3 is 10.1 Å². The third-order valence-electron chi connectivity index (χ3n) is 4.72. The summed E-state index contributed by atoms with van der Waals surface area (Å²) < 4.78 is 31.6. The fourth-order valence-corrected chi connectivity index (χ4v) is 4.67. The van der Waals surface area contributed by atoms with E-state index in [-0.39, 0.29) is 27.4 Å². The molecule has 0 aromatic heterocycles. The van der Waals surface area contributed by atoms with E-state index in [0.717, 1.165) is 25.0 Å².